The molecule has 1 aromatic rings. The minimum Gasteiger partial charge on any atom is -0.481 e. The van der Waals surface area contributed by atoms with Crippen molar-refractivity contribution in [1.29, 1.82) is 0 Å². The van der Waals surface area contributed by atoms with Gasteiger partial charge < -0.3 is 24.3 Å². The summed E-state index contributed by atoms with van der Waals surface area (Å²) in [6, 6.07) is 1.98. The first-order valence-corrected chi connectivity index (χ1v) is 9.75. The van der Waals surface area contributed by atoms with E-state index in [0.717, 1.165) is 18.4 Å². The van der Waals surface area contributed by atoms with Gasteiger partial charge in [0.1, 0.15) is 0 Å². The molecule has 7 nitrogen and oxygen atoms in total. The van der Waals surface area contributed by atoms with E-state index in [9.17, 15) is 14.7 Å². The first kappa shape index (κ1) is 21.4. The molecule has 152 valence electrons. The van der Waals surface area contributed by atoms with Gasteiger partial charge in [-0.15, -0.1) is 0 Å². The molecule has 1 amide bonds. The van der Waals surface area contributed by atoms with Gasteiger partial charge >= 0.3 is 5.97 Å². The number of furan rings is 1. The quantitative estimate of drug-likeness (QED) is 0.540. The number of aliphatic carboxylic acids is 1. The minimum atomic E-state index is -0.871. The van der Waals surface area contributed by atoms with Gasteiger partial charge in [0.15, 0.2) is 0 Å². The molecule has 2 heterocycles. The van der Waals surface area contributed by atoms with E-state index in [1.54, 1.807) is 12.5 Å². The molecule has 7 heteroatoms. The zero-order valence-corrected chi connectivity index (χ0v) is 16.0. The van der Waals surface area contributed by atoms with Gasteiger partial charge in [0.25, 0.3) is 0 Å². The Morgan fingerprint density at radius 1 is 1.44 bits per heavy atom. The van der Waals surface area contributed by atoms with Gasteiger partial charge in [0.2, 0.25) is 5.91 Å². The lowest BCUT2D eigenvalue weighted by Crippen LogP contribution is -2.48. The smallest absolute Gasteiger partial charge is 0.305 e. The number of piperidine rings is 1. The van der Waals surface area contributed by atoms with Crippen molar-refractivity contribution in [2.45, 2.75) is 64.0 Å². The highest BCUT2D eigenvalue weighted by molar-refractivity contribution is 5.77. The fourth-order valence-corrected chi connectivity index (χ4v) is 3.78. The summed E-state index contributed by atoms with van der Waals surface area (Å²) >= 11 is 0. The monoisotopic (exact) mass is 381 g/mol. The van der Waals surface area contributed by atoms with Gasteiger partial charge in [-0.2, -0.15) is 0 Å². The maximum absolute atomic E-state index is 12.4. The normalized spacial score (nSPS) is 19.9. The molecule has 0 aromatic carbocycles. The number of aliphatic hydroxyl groups is 1. The number of carboxylic acid groups (broad SMARTS) is 1. The van der Waals surface area contributed by atoms with Crippen LogP contribution in [0.1, 0.15) is 51.0 Å². The van der Waals surface area contributed by atoms with Crippen LogP contribution in [0.25, 0.3) is 0 Å². The van der Waals surface area contributed by atoms with Crippen molar-refractivity contribution in [2.24, 2.45) is 5.92 Å². The van der Waals surface area contributed by atoms with E-state index in [4.69, 9.17) is 14.3 Å². The van der Waals surface area contributed by atoms with Crippen LogP contribution >= 0.6 is 0 Å². The van der Waals surface area contributed by atoms with E-state index in [1.165, 1.54) is 0 Å². The molecular formula is C20H31NO6. The van der Waals surface area contributed by atoms with Crippen LogP contribution < -0.4 is 0 Å². The summed E-state index contributed by atoms with van der Waals surface area (Å²) in [5, 5.41) is 19.0. The van der Waals surface area contributed by atoms with Crippen molar-refractivity contribution < 1.29 is 29.0 Å². The lowest BCUT2D eigenvalue weighted by Gasteiger charge is -2.40. The van der Waals surface area contributed by atoms with Gasteiger partial charge in [0, 0.05) is 32.0 Å². The number of ether oxygens (including phenoxy) is 1. The lowest BCUT2D eigenvalue weighted by molar-refractivity contribution is -0.138. The van der Waals surface area contributed by atoms with Gasteiger partial charge in [-0.05, 0) is 43.2 Å². The second-order valence-corrected chi connectivity index (χ2v) is 7.36. The predicted molar refractivity (Wildman–Crippen MR) is 99.2 cm³/mol. The Bertz CT molecular complexity index is 573. The average Bonchev–Trinajstić information content (AvgIpc) is 3.11. The van der Waals surface area contributed by atoms with Crippen molar-refractivity contribution in [3.8, 4) is 0 Å². The second-order valence-electron chi connectivity index (χ2n) is 7.36. The standard InChI is InChI=1S/C20H31NO6/c1-15(12-17(22)13-16-6-10-27-14-16)18-4-2-5-19(23)21(18)8-3-9-26-11-7-20(24)25/h6,10,14-15,17-18,22H,2-5,7-9,11-13H2,1H3,(H,24,25)/t15-,17?,18+/m0/s1. The number of carbonyl (C=O) groups excluding carboxylic acids is 1. The minimum absolute atomic E-state index is 0.00312. The number of carboxylic acids is 1. The maximum Gasteiger partial charge on any atom is 0.305 e. The van der Waals surface area contributed by atoms with Crippen LogP contribution in [0.15, 0.2) is 23.0 Å². The summed E-state index contributed by atoms with van der Waals surface area (Å²) in [6.07, 6.45) is 7.07. The van der Waals surface area contributed by atoms with Crippen LogP contribution in [0, 0.1) is 5.92 Å². The number of nitrogens with zero attached hydrogens (tertiary/aromatic N) is 1. The SMILES string of the molecule is C[C@@H](CC(O)Cc1ccoc1)[C@H]1CCCC(=O)N1CCCOCCC(=O)O. The van der Waals surface area contributed by atoms with E-state index in [-0.39, 0.29) is 30.9 Å². The predicted octanol–water partition coefficient (Wildman–Crippen LogP) is 2.47. The highest BCUT2D eigenvalue weighted by Gasteiger charge is 2.32. The Hall–Kier alpha value is -1.86. The van der Waals surface area contributed by atoms with Crippen molar-refractivity contribution in [3.05, 3.63) is 24.2 Å². The molecule has 0 radical (unpaired) electrons. The molecule has 0 aliphatic carbocycles. The van der Waals surface area contributed by atoms with Gasteiger partial charge in [0.05, 0.1) is 31.7 Å². The van der Waals surface area contributed by atoms with Crippen LogP contribution in [0.4, 0.5) is 0 Å². The summed E-state index contributed by atoms with van der Waals surface area (Å²) in [4.78, 5) is 24.8. The molecule has 0 saturated carbocycles. The fraction of sp³-hybridized carbons (Fsp3) is 0.700. The van der Waals surface area contributed by atoms with E-state index < -0.39 is 12.1 Å². The molecule has 0 spiro atoms. The topological polar surface area (TPSA) is 100 Å². The van der Waals surface area contributed by atoms with Gasteiger partial charge in [-0.3, -0.25) is 9.59 Å². The molecule has 2 N–H and O–H groups in total. The van der Waals surface area contributed by atoms with Crippen molar-refractivity contribution in [2.75, 3.05) is 19.8 Å². The largest absolute Gasteiger partial charge is 0.481 e. The fourth-order valence-electron chi connectivity index (χ4n) is 3.78. The zero-order valence-electron chi connectivity index (χ0n) is 16.0. The number of hydrogen-bond acceptors (Lipinski definition) is 5. The van der Waals surface area contributed by atoms with Crippen molar-refractivity contribution in [3.63, 3.8) is 0 Å². The Labute approximate surface area is 160 Å². The van der Waals surface area contributed by atoms with Crippen LogP contribution in [-0.4, -0.2) is 58.9 Å². The Morgan fingerprint density at radius 2 is 2.26 bits per heavy atom. The van der Waals surface area contributed by atoms with Gasteiger partial charge in [-0.1, -0.05) is 6.92 Å². The summed E-state index contributed by atoms with van der Waals surface area (Å²) in [5.74, 6) is -0.513. The molecule has 1 aliphatic rings. The molecule has 2 rings (SSSR count). The summed E-state index contributed by atoms with van der Waals surface area (Å²) in [5.41, 5.74) is 0.977. The second kappa shape index (κ2) is 11.1. The first-order chi connectivity index (χ1) is 13.0. The van der Waals surface area contributed by atoms with E-state index in [1.807, 2.05) is 11.0 Å². The molecule has 1 aliphatic heterocycles. The average molecular weight is 381 g/mol. The third-order valence-electron chi connectivity index (χ3n) is 5.11. The van der Waals surface area contributed by atoms with E-state index >= 15 is 0 Å². The lowest BCUT2D eigenvalue weighted by atomic mass is 9.86. The Kier molecular flexibility index (Phi) is 8.81. The Morgan fingerprint density at radius 3 is 2.96 bits per heavy atom. The number of carbonyl (C=O) groups is 2. The van der Waals surface area contributed by atoms with Crippen molar-refractivity contribution in [1.82, 2.24) is 4.90 Å². The van der Waals surface area contributed by atoms with Crippen molar-refractivity contribution >= 4 is 11.9 Å². The van der Waals surface area contributed by atoms with E-state index in [2.05, 4.69) is 6.92 Å². The van der Waals surface area contributed by atoms with Crippen LogP contribution in [-0.2, 0) is 20.7 Å². The molecule has 27 heavy (non-hydrogen) atoms. The van der Waals surface area contributed by atoms with Crippen LogP contribution in [0.5, 0.6) is 0 Å². The van der Waals surface area contributed by atoms with Gasteiger partial charge in [-0.25, -0.2) is 0 Å². The number of hydrogen-bond donors (Lipinski definition) is 2. The zero-order chi connectivity index (χ0) is 19.6. The molecular weight excluding hydrogens is 350 g/mol. The highest BCUT2D eigenvalue weighted by Crippen LogP contribution is 2.27. The number of rotatable bonds is 12. The molecule has 1 unspecified atom stereocenters. The summed E-state index contributed by atoms with van der Waals surface area (Å²) in [6.45, 7) is 3.35. The van der Waals surface area contributed by atoms with Crippen LogP contribution in [0.3, 0.4) is 0 Å². The van der Waals surface area contributed by atoms with E-state index in [0.29, 0.717) is 38.8 Å². The first-order valence-electron chi connectivity index (χ1n) is 9.75. The molecule has 0 bridgehead atoms. The van der Waals surface area contributed by atoms with Crippen LogP contribution in [0.2, 0.25) is 0 Å². The molecule has 3 atom stereocenters. The summed E-state index contributed by atoms with van der Waals surface area (Å²) < 4.78 is 10.4. The third-order valence-corrected chi connectivity index (χ3v) is 5.11. The number of aliphatic hydroxyl groups excluding tert-OH is 1. The number of likely N-dealkylation sites (tertiary alicyclic amines) is 1. The number of amides is 1. The summed E-state index contributed by atoms with van der Waals surface area (Å²) in [7, 11) is 0. The molecule has 1 fully saturated rings. The Balaban J connectivity index is 1.78. The maximum atomic E-state index is 12.4. The third kappa shape index (κ3) is 7.34. The molecule has 1 saturated heterocycles. The highest BCUT2D eigenvalue weighted by atomic mass is 16.5. The molecule has 1 aromatic heterocycles.